The number of hydrogen-bond acceptors (Lipinski definition) is 12. The van der Waals surface area contributed by atoms with Crippen LogP contribution in [0.3, 0.4) is 0 Å². The minimum atomic E-state index is -2.96. The van der Waals surface area contributed by atoms with Crippen LogP contribution >= 0.6 is 34.8 Å². The number of ether oxygens (including phenoxy) is 5. The molecule has 0 saturated carbocycles. The highest BCUT2D eigenvalue weighted by atomic mass is 35.5. The molecule has 2 unspecified atom stereocenters. The van der Waals surface area contributed by atoms with Crippen molar-refractivity contribution in [1.82, 2.24) is 34.3 Å². The second kappa shape index (κ2) is 26.7. The van der Waals surface area contributed by atoms with Crippen LogP contribution in [0.5, 0.6) is 17.4 Å². The number of aromatic nitrogens is 7. The third kappa shape index (κ3) is 14.7. The maximum atomic E-state index is 13.5. The van der Waals surface area contributed by atoms with E-state index in [1.807, 2.05) is 43.3 Å². The number of nitrogens with zero attached hydrogens (tertiary/aromatic N) is 8. The van der Waals surface area contributed by atoms with Gasteiger partial charge in [-0.05, 0) is 103 Å². The molecule has 9 aromatic rings. The van der Waals surface area contributed by atoms with E-state index in [0.29, 0.717) is 56.8 Å². The Morgan fingerprint density at radius 1 is 0.852 bits per heavy atom. The van der Waals surface area contributed by atoms with Gasteiger partial charge in [0.25, 0.3) is 12.3 Å². The monoisotopic (exact) mass is 1170 g/mol. The number of carbonyl (C=O) groups excluding carboxylic acids is 2. The predicted octanol–water partition coefficient (Wildman–Crippen LogP) is 13.6. The average molecular weight is 1180 g/mol. The first-order chi connectivity index (χ1) is 38.9. The highest BCUT2D eigenvalue weighted by Crippen LogP contribution is 2.41. The fourth-order valence-corrected chi connectivity index (χ4v) is 8.60. The lowest BCUT2D eigenvalue weighted by atomic mass is 10.0. The number of amides is 2. The molecule has 4 heterocycles. The first kappa shape index (κ1) is 58.8. The number of rotatable bonds is 15. The maximum absolute atomic E-state index is 13.5. The van der Waals surface area contributed by atoms with Crippen molar-refractivity contribution < 1.29 is 60.1 Å². The molecule has 0 bridgehead atoms. The van der Waals surface area contributed by atoms with Crippen molar-refractivity contribution in [2.75, 3.05) is 31.2 Å². The van der Waals surface area contributed by atoms with E-state index in [2.05, 4.69) is 25.6 Å². The van der Waals surface area contributed by atoms with Gasteiger partial charge in [0.1, 0.15) is 43.0 Å². The molecule has 0 aliphatic carbocycles. The first-order valence-electron chi connectivity index (χ1n) is 24.1. The molecular weight excluding hydrogens is 1130 g/mol. The van der Waals surface area contributed by atoms with Gasteiger partial charge in [-0.1, -0.05) is 71.2 Å². The van der Waals surface area contributed by atoms with E-state index in [4.69, 9.17) is 63.3 Å². The summed E-state index contributed by atoms with van der Waals surface area (Å²) in [6.07, 6.45) is 2.37. The van der Waals surface area contributed by atoms with Crippen molar-refractivity contribution in [2.24, 2.45) is 7.05 Å². The largest absolute Gasteiger partial charge is 0.472 e. The summed E-state index contributed by atoms with van der Waals surface area (Å²) < 4.78 is 99.2. The van der Waals surface area contributed by atoms with E-state index < -0.39 is 47.4 Å². The Morgan fingerprint density at radius 2 is 1.53 bits per heavy atom. The SMILES string of the molecule is CC1COC(Cn2cncn2)(c2ccc(Oc3ccc(Cl)cc3)cc2Cl)O1.COC(=O)N(OC)c1ccccc1COc1ccn(-c2ccc(Cl)cc2)n1.Cn1cc(C(=O)Nc2ccccc2-c2cc(F)c(F)c(F)c2)c(C(F)F)n1. The summed E-state index contributed by atoms with van der Waals surface area (Å²) in [5.74, 6) is -4.57. The highest BCUT2D eigenvalue weighted by molar-refractivity contribution is 6.31. The van der Waals surface area contributed by atoms with Gasteiger partial charge in [-0.15, -0.1) is 5.10 Å². The lowest BCUT2D eigenvalue weighted by Gasteiger charge is -2.29. The van der Waals surface area contributed by atoms with Crippen LogP contribution < -0.4 is 19.9 Å². The fraction of sp³-hybridized carbons (Fsp3) is 0.179. The quantitative estimate of drug-likeness (QED) is 0.0586. The molecule has 17 nitrogen and oxygen atoms in total. The van der Waals surface area contributed by atoms with Gasteiger partial charge in [0.05, 0.1) is 48.9 Å². The van der Waals surface area contributed by atoms with E-state index in [1.165, 1.54) is 45.8 Å². The molecule has 1 N–H and O–H groups in total. The molecular formula is C56H47Cl3F5N9O8. The van der Waals surface area contributed by atoms with Gasteiger partial charge in [0, 0.05) is 57.9 Å². The van der Waals surface area contributed by atoms with E-state index in [1.54, 1.807) is 88.6 Å². The molecule has 6 aromatic carbocycles. The molecule has 2 amide bonds. The van der Waals surface area contributed by atoms with Gasteiger partial charge in [-0.25, -0.2) is 41.1 Å². The molecule has 81 heavy (non-hydrogen) atoms. The Morgan fingerprint density at radius 3 is 2.17 bits per heavy atom. The number of benzene rings is 6. The van der Waals surface area contributed by atoms with E-state index >= 15 is 0 Å². The van der Waals surface area contributed by atoms with Crippen molar-refractivity contribution in [2.45, 2.75) is 38.4 Å². The number of alkyl halides is 2. The maximum Gasteiger partial charge on any atom is 0.438 e. The van der Waals surface area contributed by atoms with Crippen LogP contribution in [-0.4, -0.2) is 73.3 Å². The molecule has 0 spiro atoms. The number of methoxy groups -OCH3 is 1. The Kier molecular flexibility index (Phi) is 19.4. The topological polar surface area (TPSA) is 171 Å². The number of nitrogens with one attached hydrogen (secondary N) is 1. The minimum absolute atomic E-state index is 0.0254. The summed E-state index contributed by atoms with van der Waals surface area (Å²) in [5.41, 5.74) is 2.10. The zero-order valence-corrected chi connectivity index (χ0v) is 45.4. The summed E-state index contributed by atoms with van der Waals surface area (Å²) in [4.78, 5) is 33.4. The van der Waals surface area contributed by atoms with E-state index in [9.17, 15) is 31.5 Å². The van der Waals surface area contributed by atoms with Gasteiger partial charge in [-0.2, -0.15) is 15.3 Å². The lowest BCUT2D eigenvalue weighted by Crippen LogP contribution is -2.34. The van der Waals surface area contributed by atoms with Crippen molar-refractivity contribution >= 4 is 58.2 Å². The van der Waals surface area contributed by atoms with Crippen molar-refractivity contribution in [3.05, 3.63) is 213 Å². The smallest absolute Gasteiger partial charge is 0.438 e. The Balaban J connectivity index is 0.000000159. The van der Waals surface area contributed by atoms with Crippen LogP contribution in [0.2, 0.25) is 15.1 Å². The zero-order valence-electron chi connectivity index (χ0n) is 43.2. The molecule has 1 aliphatic rings. The normalized spacial score (nSPS) is 14.6. The number of carbonyl (C=O) groups is 2. The van der Waals surface area contributed by atoms with Crippen LogP contribution in [0.15, 0.2) is 159 Å². The Labute approximate surface area is 474 Å². The first-order valence-corrected chi connectivity index (χ1v) is 25.3. The number of aryl methyl sites for hydroxylation is 1. The number of halogens is 8. The number of hydroxylamine groups is 1. The lowest BCUT2D eigenvalue weighted by molar-refractivity contribution is -0.186. The van der Waals surface area contributed by atoms with Gasteiger partial charge >= 0.3 is 6.09 Å². The molecule has 10 rings (SSSR count). The predicted molar refractivity (Wildman–Crippen MR) is 290 cm³/mol. The number of anilines is 2. The van der Waals surface area contributed by atoms with E-state index in [0.717, 1.165) is 39.3 Å². The van der Waals surface area contributed by atoms with Gasteiger partial charge < -0.3 is 29.0 Å². The molecule has 25 heteroatoms. The van der Waals surface area contributed by atoms with E-state index in [-0.39, 0.29) is 35.1 Å². The van der Waals surface area contributed by atoms with Gasteiger partial charge in [0.2, 0.25) is 11.7 Å². The highest BCUT2D eigenvalue weighted by Gasteiger charge is 2.44. The molecule has 3 aromatic heterocycles. The van der Waals surface area contributed by atoms with Crippen LogP contribution in [0.25, 0.3) is 16.8 Å². The Bertz CT molecular complexity index is 3580. The van der Waals surface area contributed by atoms with Crippen LogP contribution in [0.1, 0.15) is 40.5 Å². The van der Waals surface area contributed by atoms with Crippen LogP contribution in [-0.2, 0) is 45.0 Å². The molecule has 420 valence electrons. The van der Waals surface area contributed by atoms with Crippen LogP contribution in [0.4, 0.5) is 38.1 Å². The molecule has 1 fully saturated rings. The zero-order chi connectivity index (χ0) is 57.8. The van der Waals surface area contributed by atoms with Gasteiger partial charge in [-0.3, -0.25) is 14.3 Å². The summed E-state index contributed by atoms with van der Waals surface area (Å²) in [6.45, 7) is 2.96. The second-order valence-electron chi connectivity index (χ2n) is 17.4. The average Bonchev–Trinajstić information content (AvgIpc) is 4.36. The molecule has 0 radical (unpaired) electrons. The fourth-order valence-electron chi connectivity index (χ4n) is 8.03. The third-order valence-electron chi connectivity index (χ3n) is 11.7. The molecule has 1 aliphatic heterocycles. The minimum Gasteiger partial charge on any atom is -0.472 e. The van der Waals surface area contributed by atoms with Crippen molar-refractivity contribution in [3.63, 3.8) is 0 Å². The van der Waals surface area contributed by atoms with Crippen LogP contribution in [0, 0.1) is 17.5 Å². The standard InChI is InChI=1S/C19H17Cl2N3O3.C19H18ClN3O4.C18H12F5N3O/c1-13-9-25-19(27-13,10-24-12-22-11-23-24)17-7-6-16(8-18(17)21)26-15-4-2-14(20)3-5-15;1-25-19(24)23(26-2)17-6-4-3-5-14(17)13-27-18-11-12-22(21-18)16-9-7-15(20)8-10-16;1-26-8-11(16(25-26)17(22)23)18(27)24-14-5-3-2-4-10(14)9-6-12(19)15(21)13(20)7-9/h2-8,11-13H,9-10H2,1H3;3-12H,13H2,1-2H3;2-8,17H,1H3,(H,24,27). The van der Waals surface area contributed by atoms with Crippen molar-refractivity contribution in [3.8, 4) is 34.2 Å². The molecule has 1 saturated heterocycles. The number of hydrogen-bond donors (Lipinski definition) is 1. The summed E-state index contributed by atoms with van der Waals surface area (Å²) >= 11 is 18.4. The third-order valence-corrected chi connectivity index (χ3v) is 12.5. The second-order valence-corrected chi connectivity index (χ2v) is 18.7. The van der Waals surface area contributed by atoms with Gasteiger partial charge in [0.15, 0.2) is 17.5 Å². The summed E-state index contributed by atoms with van der Waals surface area (Å²) in [7, 11) is 4.07. The summed E-state index contributed by atoms with van der Waals surface area (Å²) in [6, 6.07) is 36.3. The number of para-hydroxylation sites is 2. The molecule has 2 atom stereocenters. The van der Waals surface area contributed by atoms with Crippen molar-refractivity contribution in [1.29, 1.82) is 0 Å². The summed E-state index contributed by atoms with van der Waals surface area (Å²) in [5, 5.41) is 17.4. The Hall–Kier alpha value is -8.38.